The topological polar surface area (TPSA) is 87.3 Å². The Balaban J connectivity index is 1.78. The van der Waals surface area contributed by atoms with E-state index < -0.39 is 23.5 Å². The first-order chi connectivity index (χ1) is 11.1. The van der Waals surface area contributed by atoms with Gasteiger partial charge in [0.05, 0.1) is 12.1 Å². The van der Waals surface area contributed by atoms with E-state index in [4.69, 9.17) is 0 Å². The molecule has 118 valence electrons. The molecule has 0 atom stereocenters. The van der Waals surface area contributed by atoms with Crippen molar-refractivity contribution in [3.63, 3.8) is 0 Å². The van der Waals surface area contributed by atoms with Gasteiger partial charge in [-0.3, -0.25) is 25.2 Å². The van der Waals surface area contributed by atoms with Gasteiger partial charge in [0.15, 0.2) is 0 Å². The molecule has 0 saturated carbocycles. The average molecular weight is 315 g/mol. The van der Waals surface area contributed by atoms with Gasteiger partial charge in [-0.1, -0.05) is 30.3 Å². The maximum absolute atomic E-state index is 13.4. The molecule has 3 N–H and O–H groups in total. The zero-order chi connectivity index (χ0) is 16.7. The highest BCUT2D eigenvalue weighted by Gasteiger charge is 2.12. The van der Waals surface area contributed by atoms with Crippen molar-refractivity contribution < 1.29 is 18.8 Å². The Morgan fingerprint density at radius 3 is 2.17 bits per heavy atom. The van der Waals surface area contributed by atoms with Gasteiger partial charge in [0.2, 0.25) is 0 Å². The molecule has 0 bridgehead atoms. The van der Waals surface area contributed by atoms with Crippen LogP contribution in [0.3, 0.4) is 0 Å². The first kappa shape index (κ1) is 16.2. The van der Waals surface area contributed by atoms with Gasteiger partial charge in [-0.05, 0) is 24.3 Å². The van der Waals surface area contributed by atoms with Gasteiger partial charge >= 0.3 is 0 Å². The van der Waals surface area contributed by atoms with Crippen molar-refractivity contribution in [1.29, 1.82) is 0 Å². The SMILES string of the molecule is O=C(CNC(=O)c1ccccc1)NNC(=O)c1ccccc1F. The van der Waals surface area contributed by atoms with Crippen LogP contribution in [0.4, 0.5) is 4.39 Å². The maximum atomic E-state index is 13.4. The normalized spacial score (nSPS) is 9.78. The second-order valence-electron chi connectivity index (χ2n) is 4.53. The van der Waals surface area contributed by atoms with Gasteiger partial charge < -0.3 is 5.32 Å². The summed E-state index contributed by atoms with van der Waals surface area (Å²) in [5.41, 5.74) is 4.39. The minimum Gasteiger partial charge on any atom is -0.343 e. The Bertz CT molecular complexity index is 720. The maximum Gasteiger partial charge on any atom is 0.272 e. The quantitative estimate of drug-likeness (QED) is 0.736. The summed E-state index contributed by atoms with van der Waals surface area (Å²) in [7, 11) is 0. The van der Waals surface area contributed by atoms with Crippen molar-refractivity contribution in [2.45, 2.75) is 0 Å². The minimum atomic E-state index is -0.786. The third-order valence-corrected chi connectivity index (χ3v) is 2.88. The molecule has 0 aliphatic heterocycles. The van der Waals surface area contributed by atoms with Crippen molar-refractivity contribution in [3.8, 4) is 0 Å². The molecule has 0 aliphatic carbocycles. The summed E-state index contributed by atoms with van der Waals surface area (Å²) in [4.78, 5) is 35.0. The number of benzene rings is 2. The molecule has 0 radical (unpaired) electrons. The molecule has 23 heavy (non-hydrogen) atoms. The summed E-state index contributed by atoms with van der Waals surface area (Å²) in [6.45, 7) is -0.328. The van der Waals surface area contributed by atoms with E-state index in [2.05, 4.69) is 16.2 Å². The number of hydrogen-bond acceptors (Lipinski definition) is 3. The molecule has 0 aliphatic rings. The molecule has 2 aromatic carbocycles. The van der Waals surface area contributed by atoms with E-state index in [1.807, 2.05) is 0 Å². The number of halogens is 1. The molecule has 0 aromatic heterocycles. The first-order valence-corrected chi connectivity index (χ1v) is 6.75. The van der Waals surface area contributed by atoms with Crippen molar-refractivity contribution in [1.82, 2.24) is 16.2 Å². The lowest BCUT2D eigenvalue weighted by Crippen LogP contribution is -2.46. The summed E-state index contributed by atoms with van der Waals surface area (Å²) < 4.78 is 13.4. The number of carbonyl (C=O) groups is 3. The molecule has 7 heteroatoms. The Hall–Kier alpha value is -3.22. The van der Waals surface area contributed by atoms with Crippen LogP contribution in [-0.2, 0) is 4.79 Å². The van der Waals surface area contributed by atoms with Gasteiger partial charge in [-0.2, -0.15) is 0 Å². The fraction of sp³-hybridized carbons (Fsp3) is 0.0625. The molecular weight excluding hydrogens is 301 g/mol. The van der Waals surface area contributed by atoms with Crippen molar-refractivity contribution in [2.24, 2.45) is 0 Å². The monoisotopic (exact) mass is 315 g/mol. The van der Waals surface area contributed by atoms with E-state index >= 15 is 0 Å². The summed E-state index contributed by atoms with van der Waals surface area (Å²) in [6.07, 6.45) is 0. The Morgan fingerprint density at radius 1 is 0.826 bits per heavy atom. The number of carbonyl (C=O) groups excluding carboxylic acids is 3. The zero-order valence-corrected chi connectivity index (χ0v) is 12.0. The molecule has 6 nitrogen and oxygen atoms in total. The van der Waals surface area contributed by atoms with E-state index in [9.17, 15) is 18.8 Å². The predicted molar refractivity (Wildman–Crippen MR) is 80.8 cm³/mol. The number of hydrogen-bond donors (Lipinski definition) is 3. The highest BCUT2D eigenvalue weighted by Crippen LogP contribution is 2.05. The molecule has 0 fully saturated rings. The number of rotatable bonds is 4. The fourth-order valence-electron chi connectivity index (χ4n) is 1.74. The van der Waals surface area contributed by atoms with Crippen LogP contribution in [0, 0.1) is 5.82 Å². The van der Waals surface area contributed by atoms with Gasteiger partial charge in [0.25, 0.3) is 17.7 Å². The Labute approximate surface area is 131 Å². The predicted octanol–water partition coefficient (Wildman–Crippen LogP) is 1.02. The fourth-order valence-corrected chi connectivity index (χ4v) is 1.74. The standard InChI is InChI=1S/C16H14FN3O3/c17-13-9-5-4-8-12(13)16(23)20-19-14(21)10-18-15(22)11-6-2-1-3-7-11/h1-9H,10H2,(H,18,22)(H,19,21)(H,20,23). The van der Waals surface area contributed by atoms with E-state index in [0.717, 1.165) is 6.07 Å². The first-order valence-electron chi connectivity index (χ1n) is 6.75. The third-order valence-electron chi connectivity index (χ3n) is 2.88. The molecule has 0 saturated heterocycles. The molecule has 2 aromatic rings. The van der Waals surface area contributed by atoms with Crippen molar-refractivity contribution in [2.75, 3.05) is 6.54 Å². The number of nitrogens with one attached hydrogen (secondary N) is 3. The van der Waals surface area contributed by atoms with Crippen LogP contribution < -0.4 is 16.2 Å². The van der Waals surface area contributed by atoms with E-state index in [0.29, 0.717) is 5.56 Å². The molecule has 0 unspecified atom stereocenters. The van der Waals surface area contributed by atoms with Crippen LogP contribution in [-0.4, -0.2) is 24.3 Å². The second-order valence-corrected chi connectivity index (χ2v) is 4.53. The molecule has 0 heterocycles. The van der Waals surface area contributed by atoms with E-state index in [-0.39, 0.29) is 12.1 Å². The number of amides is 3. The lowest BCUT2D eigenvalue weighted by Gasteiger charge is -2.09. The molecule has 2 rings (SSSR count). The van der Waals surface area contributed by atoms with Crippen LogP contribution in [0.1, 0.15) is 20.7 Å². The summed E-state index contributed by atoms with van der Waals surface area (Å²) in [6, 6.07) is 13.7. The zero-order valence-electron chi connectivity index (χ0n) is 12.0. The minimum absolute atomic E-state index is 0.193. The molecule has 3 amide bonds. The van der Waals surface area contributed by atoms with Crippen LogP contribution in [0.5, 0.6) is 0 Å². The Kier molecular flexibility index (Phi) is 5.40. The largest absolute Gasteiger partial charge is 0.343 e. The second kappa shape index (κ2) is 7.69. The van der Waals surface area contributed by atoms with E-state index in [1.54, 1.807) is 30.3 Å². The molecule has 0 spiro atoms. The summed E-state index contributed by atoms with van der Waals surface area (Å²) >= 11 is 0. The number of hydrazine groups is 1. The average Bonchev–Trinajstić information content (AvgIpc) is 2.58. The summed E-state index contributed by atoms with van der Waals surface area (Å²) in [5, 5.41) is 2.40. The third kappa shape index (κ3) is 4.63. The smallest absolute Gasteiger partial charge is 0.272 e. The van der Waals surface area contributed by atoms with E-state index in [1.165, 1.54) is 18.2 Å². The molecular formula is C16H14FN3O3. The van der Waals surface area contributed by atoms with Gasteiger partial charge in [-0.25, -0.2) is 4.39 Å². The van der Waals surface area contributed by atoms with Crippen LogP contribution in [0.2, 0.25) is 0 Å². The van der Waals surface area contributed by atoms with Gasteiger partial charge in [-0.15, -0.1) is 0 Å². The van der Waals surface area contributed by atoms with Gasteiger partial charge in [0.1, 0.15) is 5.82 Å². The summed E-state index contributed by atoms with van der Waals surface area (Å²) in [5.74, 6) is -2.54. The highest BCUT2D eigenvalue weighted by atomic mass is 19.1. The van der Waals surface area contributed by atoms with Crippen LogP contribution in [0.25, 0.3) is 0 Å². The van der Waals surface area contributed by atoms with Crippen molar-refractivity contribution in [3.05, 3.63) is 71.5 Å². The van der Waals surface area contributed by atoms with Crippen molar-refractivity contribution >= 4 is 17.7 Å². The van der Waals surface area contributed by atoms with Crippen LogP contribution >= 0.6 is 0 Å². The van der Waals surface area contributed by atoms with Gasteiger partial charge in [0, 0.05) is 5.56 Å². The highest BCUT2D eigenvalue weighted by molar-refractivity contribution is 5.98. The van der Waals surface area contributed by atoms with Crippen LogP contribution in [0.15, 0.2) is 54.6 Å². The lowest BCUT2D eigenvalue weighted by atomic mass is 10.2. The lowest BCUT2D eigenvalue weighted by molar-refractivity contribution is -0.120. The Morgan fingerprint density at radius 2 is 1.48 bits per heavy atom.